The Hall–Kier alpha value is -0.870. The first-order valence-corrected chi connectivity index (χ1v) is 7.73. The van der Waals surface area contributed by atoms with Gasteiger partial charge in [0.15, 0.2) is 0 Å². The summed E-state index contributed by atoms with van der Waals surface area (Å²) >= 11 is 3.50. The van der Waals surface area contributed by atoms with Crippen molar-refractivity contribution in [3.8, 4) is 0 Å². The second-order valence-electron chi connectivity index (χ2n) is 5.10. The summed E-state index contributed by atoms with van der Waals surface area (Å²) in [5, 5.41) is 2.94. The Kier molecular flexibility index (Phi) is 5.40. The van der Waals surface area contributed by atoms with E-state index >= 15 is 0 Å². The molecule has 1 saturated heterocycles. The second kappa shape index (κ2) is 7.06. The molecule has 1 unspecified atom stereocenters. The molecule has 1 aliphatic rings. The molecule has 2 rings (SSSR count). The van der Waals surface area contributed by atoms with Crippen LogP contribution in [0.15, 0.2) is 28.7 Å². The van der Waals surface area contributed by atoms with Crippen LogP contribution in [0.25, 0.3) is 0 Å². The van der Waals surface area contributed by atoms with Crippen molar-refractivity contribution in [3.63, 3.8) is 0 Å². The summed E-state index contributed by atoms with van der Waals surface area (Å²) in [6.07, 6.45) is 2.12. The van der Waals surface area contributed by atoms with Crippen LogP contribution in [-0.4, -0.2) is 30.4 Å². The van der Waals surface area contributed by atoms with E-state index in [0.29, 0.717) is 0 Å². The van der Waals surface area contributed by atoms with E-state index < -0.39 is 0 Å². The van der Waals surface area contributed by atoms with Gasteiger partial charge in [-0.2, -0.15) is 0 Å². The molecular weight excluding hydrogens is 304 g/mol. The number of hydrogen-bond donors (Lipinski definition) is 1. The maximum Gasteiger partial charge on any atom is 0.224 e. The van der Waals surface area contributed by atoms with Gasteiger partial charge in [0.1, 0.15) is 0 Å². The molecule has 1 amide bonds. The molecule has 0 bridgehead atoms. The summed E-state index contributed by atoms with van der Waals surface area (Å²) in [6.45, 7) is 5.58. The van der Waals surface area contributed by atoms with E-state index in [1.54, 1.807) is 0 Å². The molecule has 0 radical (unpaired) electrons. The van der Waals surface area contributed by atoms with Crippen molar-refractivity contribution < 1.29 is 4.79 Å². The molecular formula is C15H21BrN2O. The minimum absolute atomic E-state index is 0.154. The zero-order valence-corrected chi connectivity index (χ0v) is 12.9. The van der Waals surface area contributed by atoms with Crippen LogP contribution in [0.4, 0.5) is 0 Å². The highest BCUT2D eigenvalue weighted by atomic mass is 79.9. The van der Waals surface area contributed by atoms with Gasteiger partial charge in [-0.1, -0.05) is 28.1 Å². The molecule has 0 saturated carbocycles. The number of hydrogen-bond acceptors (Lipinski definition) is 2. The van der Waals surface area contributed by atoms with Crippen molar-refractivity contribution in [1.82, 2.24) is 10.2 Å². The first kappa shape index (κ1) is 14.5. The van der Waals surface area contributed by atoms with Crippen LogP contribution in [0.1, 0.15) is 25.3 Å². The molecule has 1 aliphatic heterocycles. The Morgan fingerprint density at radius 1 is 1.53 bits per heavy atom. The predicted octanol–water partition coefficient (Wildman–Crippen LogP) is 2.80. The van der Waals surface area contributed by atoms with Crippen LogP contribution >= 0.6 is 15.9 Å². The molecule has 3 nitrogen and oxygen atoms in total. The standard InChI is InChI=1S/C15H21BrN2O/c1-2-17-15(19)13-6-4-8-18(11-13)10-12-5-3-7-14(16)9-12/h3,5,7,9,13H,2,4,6,8,10-11H2,1H3,(H,17,19). The minimum Gasteiger partial charge on any atom is -0.356 e. The molecule has 0 spiro atoms. The first-order chi connectivity index (χ1) is 9.19. The molecule has 19 heavy (non-hydrogen) atoms. The largest absolute Gasteiger partial charge is 0.356 e. The van der Waals surface area contributed by atoms with Crippen LogP contribution in [0.5, 0.6) is 0 Å². The quantitative estimate of drug-likeness (QED) is 0.923. The molecule has 1 N–H and O–H groups in total. The molecule has 104 valence electrons. The normalized spacial score (nSPS) is 20.2. The summed E-state index contributed by atoms with van der Waals surface area (Å²) in [7, 11) is 0. The summed E-state index contributed by atoms with van der Waals surface area (Å²) in [4.78, 5) is 14.3. The van der Waals surface area contributed by atoms with Gasteiger partial charge in [0, 0.05) is 24.1 Å². The summed E-state index contributed by atoms with van der Waals surface area (Å²) < 4.78 is 1.11. The van der Waals surface area contributed by atoms with Crippen molar-refractivity contribution in [3.05, 3.63) is 34.3 Å². The topological polar surface area (TPSA) is 32.3 Å². The zero-order chi connectivity index (χ0) is 13.7. The number of amides is 1. The Morgan fingerprint density at radius 2 is 2.37 bits per heavy atom. The third-order valence-electron chi connectivity index (χ3n) is 3.52. The number of nitrogens with zero attached hydrogens (tertiary/aromatic N) is 1. The van der Waals surface area contributed by atoms with E-state index in [1.807, 2.05) is 13.0 Å². The lowest BCUT2D eigenvalue weighted by Gasteiger charge is -2.32. The van der Waals surface area contributed by atoms with E-state index in [2.05, 4.69) is 44.3 Å². The van der Waals surface area contributed by atoms with Crippen molar-refractivity contribution in [2.24, 2.45) is 5.92 Å². The molecule has 1 fully saturated rings. The third kappa shape index (κ3) is 4.32. The number of nitrogens with one attached hydrogen (secondary N) is 1. The lowest BCUT2D eigenvalue weighted by Crippen LogP contribution is -2.42. The highest BCUT2D eigenvalue weighted by molar-refractivity contribution is 9.10. The zero-order valence-electron chi connectivity index (χ0n) is 11.4. The second-order valence-corrected chi connectivity index (χ2v) is 6.01. The van der Waals surface area contributed by atoms with E-state index in [4.69, 9.17) is 0 Å². The van der Waals surface area contributed by atoms with E-state index in [0.717, 1.165) is 43.5 Å². The monoisotopic (exact) mass is 324 g/mol. The SMILES string of the molecule is CCNC(=O)C1CCCN(Cc2cccc(Br)c2)C1. The van der Waals surface area contributed by atoms with Crippen LogP contribution in [0, 0.1) is 5.92 Å². The molecule has 4 heteroatoms. The Bertz CT molecular complexity index is 436. The van der Waals surface area contributed by atoms with Gasteiger partial charge in [-0.25, -0.2) is 0 Å². The number of benzene rings is 1. The van der Waals surface area contributed by atoms with Gasteiger partial charge in [0.2, 0.25) is 5.91 Å². The van der Waals surface area contributed by atoms with E-state index in [-0.39, 0.29) is 11.8 Å². The number of piperidine rings is 1. The summed E-state index contributed by atoms with van der Waals surface area (Å²) in [5.74, 6) is 0.363. The average Bonchev–Trinajstić information content (AvgIpc) is 2.39. The van der Waals surface area contributed by atoms with Crippen molar-refractivity contribution >= 4 is 21.8 Å². The van der Waals surface area contributed by atoms with Gasteiger partial charge in [0.05, 0.1) is 5.92 Å². The lowest BCUT2D eigenvalue weighted by atomic mass is 9.96. The highest BCUT2D eigenvalue weighted by Gasteiger charge is 2.25. The lowest BCUT2D eigenvalue weighted by molar-refractivity contribution is -0.126. The smallest absolute Gasteiger partial charge is 0.224 e. The van der Waals surface area contributed by atoms with Gasteiger partial charge in [-0.3, -0.25) is 9.69 Å². The van der Waals surface area contributed by atoms with Gasteiger partial charge in [-0.05, 0) is 44.0 Å². The maximum atomic E-state index is 11.9. The van der Waals surface area contributed by atoms with Crippen molar-refractivity contribution in [2.45, 2.75) is 26.3 Å². The summed E-state index contributed by atoms with van der Waals surface area (Å²) in [6, 6.07) is 8.39. The van der Waals surface area contributed by atoms with Crippen LogP contribution in [0.3, 0.4) is 0 Å². The Labute approximate surface area is 123 Å². The summed E-state index contributed by atoms with van der Waals surface area (Å²) in [5.41, 5.74) is 1.30. The van der Waals surface area contributed by atoms with Gasteiger partial charge in [-0.15, -0.1) is 0 Å². The fourth-order valence-corrected chi connectivity index (χ4v) is 3.07. The van der Waals surface area contributed by atoms with Crippen LogP contribution in [0.2, 0.25) is 0 Å². The average molecular weight is 325 g/mol. The van der Waals surface area contributed by atoms with Gasteiger partial charge < -0.3 is 5.32 Å². The number of carbonyl (C=O) groups is 1. The molecule has 0 aliphatic carbocycles. The Morgan fingerprint density at radius 3 is 3.11 bits per heavy atom. The predicted molar refractivity (Wildman–Crippen MR) is 80.8 cm³/mol. The third-order valence-corrected chi connectivity index (χ3v) is 4.02. The van der Waals surface area contributed by atoms with Crippen molar-refractivity contribution in [1.29, 1.82) is 0 Å². The van der Waals surface area contributed by atoms with Crippen LogP contribution < -0.4 is 5.32 Å². The molecule has 0 aromatic heterocycles. The minimum atomic E-state index is 0.154. The van der Waals surface area contributed by atoms with Gasteiger partial charge >= 0.3 is 0 Å². The van der Waals surface area contributed by atoms with E-state index in [1.165, 1.54) is 5.56 Å². The van der Waals surface area contributed by atoms with Gasteiger partial charge in [0.25, 0.3) is 0 Å². The molecule has 1 aromatic rings. The van der Waals surface area contributed by atoms with E-state index in [9.17, 15) is 4.79 Å². The number of rotatable bonds is 4. The first-order valence-electron chi connectivity index (χ1n) is 6.93. The number of likely N-dealkylation sites (tertiary alicyclic amines) is 1. The fraction of sp³-hybridized carbons (Fsp3) is 0.533. The molecule has 1 atom stereocenters. The highest BCUT2D eigenvalue weighted by Crippen LogP contribution is 2.20. The Balaban J connectivity index is 1.92. The maximum absolute atomic E-state index is 11.9. The number of carbonyl (C=O) groups excluding carboxylic acids is 1. The number of halogens is 1. The van der Waals surface area contributed by atoms with Crippen molar-refractivity contribution in [2.75, 3.05) is 19.6 Å². The van der Waals surface area contributed by atoms with Crippen LogP contribution in [-0.2, 0) is 11.3 Å². The molecule has 1 aromatic carbocycles. The fourth-order valence-electron chi connectivity index (χ4n) is 2.63. The molecule has 1 heterocycles.